The molecule has 6 heteroatoms. The van der Waals surface area contributed by atoms with Crippen molar-refractivity contribution in [3.8, 4) is 11.5 Å². The molecule has 0 aliphatic heterocycles. The van der Waals surface area contributed by atoms with Gasteiger partial charge in [-0.15, -0.1) is 0 Å². The lowest BCUT2D eigenvalue weighted by atomic mass is 10.2. The Morgan fingerprint density at radius 3 is 2.63 bits per heavy atom. The van der Waals surface area contributed by atoms with Gasteiger partial charge >= 0.3 is 5.97 Å². The van der Waals surface area contributed by atoms with Gasteiger partial charge in [0.1, 0.15) is 6.61 Å². The minimum absolute atomic E-state index is 0.0563. The number of carboxylic acids is 1. The maximum atomic E-state index is 10.9. The Morgan fingerprint density at radius 2 is 2.11 bits per heavy atom. The number of carbonyl (C=O) groups is 2. The first-order valence-corrected chi connectivity index (χ1v) is 6.14. The Hall–Kier alpha value is -1.82. The first kappa shape index (κ1) is 15.2. The Bertz CT molecular complexity index is 522. The summed E-state index contributed by atoms with van der Waals surface area (Å²) in [4.78, 5) is 21.4. The van der Waals surface area contributed by atoms with E-state index in [1.807, 2.05) is 0 Å². The van der Waals surface area contributed by atoms with Gasteiger partial charge in [-0.25, -0.2) is 4.79 Å². The summed E-state index contributed by atoms with van der Waals surface area (Å²) in [7, 11) is 1.47. The first-order valence-electron chi connectivity index (χ1n) is 5.34. The average molecular weight is 329 g/mol. The number of hydrogen-bond donors (Lipinski definition) is 1. The lowest BCUT2D eigenvalue weighted by molar-refractivity contribution is -0.131. The van der Waals surface area contributed by atoms with E-state index in [2.05, 4.69) is 15.9 Å². The standard InChI is InChI=1S/C13H13BrO5/c1-8(15)7-19-13-10(14)5-9(3-4-12(16)17)6-11(13)18-2/h3-6H,7H2,1-2H3,(H,16,17)/b4-3+. The summed E-state index contributed by atoms with van der Waals surface area (Å²) >= 11 is 3.30. The smallest absolute Gasteiger partial charge is 0.328 e. The molecule has 1 aromatic carbocycles. The van der Waals surface area contributed by atoms with Gasteiger partial charge in [-0.05, 0) is 46.6 Å². The normalized spacial score (nSPS) is 10.5. The molecule has 0 heterocycles. The van der Waals surface area contributed by atoms with Crippen LogP contribution in [0, 0.1) is 0 Å². The third-order valence-electron chi connectivity index (χ3n) is 2.09. The van der Waals surface area contributed by atoms with E-state index in [-0.39, 0.29) is 12.4 Å². The molecule has 0 aromatic heterocycles. The Morgan fingerprint density at radius 1 is 1.42 bits per heavy atom. The van der Waals surface area contributed by atoms with Crippen molar-refractivity contribution in [2.75, 3.05) is 13.7 Å². The summed E-state index contributed by atoms with van der Waals surface area (Å²) in [5.41, 5.74) is 0.640. The van der Waals surface area contributed by atoms with E-state index < -0.39 is 5.97 Å². The zero-order valence-electron chi connectivity index (χ0n) is 10.5. The summed E-state index contributed by atoms with van der Waals surface area (Å²) in [6, 6.07) is 3.30. The number of aliphatic carboxylic acids is 1. The van der Waals surface area contributed by atoms with E-state index >= 15 is 0 Å². The van der Waals surface area contributed by atoms with Crippen LogP contribution >= 0.6 is 15.9 Å². The summed E-state index contributed by atoms with van der Waals surface area (Å²) in [5.74, 6) is -0.318. The molecule has 0 saturated carbocycles. The van der Waals surface area contributed by atoms with Crippen molar-refractivity contribution in [3.63, 3.8) is 0 Å². The molecule has 102 valence electrons. The quantitative estimate of drug-likeness (QED) is 0.812. The van der Waals surface area contributed by atoms with E-state index in [1.54, 1.807) is 12.1 Å². The van der Waals surface area contributed by atoms with Crippen LogP contribution in [0.15, 0.2) is 22.7 Å². The van der Waals surface area contributed by atoms with E-state index in [1.165, 1.54) is 20.1 Å². The monoisotopic (exact) mass is 328 g/mol. The minimum atomic E-state index is -1.04. The number of Topliss-reactive ketones (excluding diaryl/α,β-unsaturated/α-hetero) is 1. The van der Waals surface area contributed by atoms with Crippen LogP contribution in [0.1, 0.15) is 12.5 Å². The van der Waals surface area contributed by atoms with Crippen molar-refractivity contribution in [1.82, 2.24) is 0 Å². The zero-order valence-corrected chi connectivity index (χ0v) is 12.1. The van der Waals surface area contributed by atoms with Gasteiger partial charge in [0.2, 0.25) is 0 Å². The predicted octanol–water partition coefficient (Wildman–Crippen LogP) is 2.52. The molecule has 0 fully saturated rings. The fraction of sp³-hybridized carbons (Fsp3) is 0.231. The second kappa shape index (κ2) is 6.94. The lowest BCUT2D eigenvalue weighted by Gasteiger charge is -2.12. The van der Waals surface area contributed by atoms with Gasteiger partial charge in [0.05, 0.1) is 11.6 Å². The highest BCUT2D eigenvalue weighted by molar-refractivity contribution is 9.10. The molecule has 0 atom stereocenters. The van der Waals surface area contributed by atoms with Gasteiger partial charge < -0.3 is 14.6 Å². The largest absolute Gasteiger partial charge is 0.493 e. The first-order chi connectivity index (χ1) is 8.93. The van der Waals surface area contributed by atoms with Crippen molar-refractivity contribution in [3.05, 3.63) is 28.2 Å². The average Bonchev–Trinajstić information content (AvgIpc) is 2.34. The fourth-order valence-corrected chi connectivity index (χ4v) is 1.89. The van der Waals surface area contributed by atoms with Crippen LogP contribution in [-0.4, -0.2) is 30.6 Å². The molecule has 0 spiro atoms. The second-order valence-corrected chi connectivity index (χ2v) is 4.55. The highest BCUT2D eigenvalue weighted by Gasteiger charge is 2.11. The SMILES string of the molecule is COc1cc(/C=C/C(=O)O)cc(Br)c1OCC(C)=O. The Balaban J connectivity index is 3.07. The molecule has 0 aliphatic carbocycles. The number of methoxy groups -OCH3 is 1. The fourth-order valence-electron chi connectivity index (χ4n) is 1.32. The van der Waals surface area contributed by atoms with Crippen LogP contribution in [0.25, 0.3) is 6.08 Å². The third-order valence-corrected chi connectivity index (χ3v) is 2.68. The number of carboxylic acid groups (broad SMARTS) is 1. The van der Waals surface area contributed by atoms with Gasteiger partial charge in [0.15, 0.2) is 17.3 Å². The van der Waals surface area contributed by atoms with Gasteiger partial charge in [0, 0.05) is 6.08 Å². The molecular weight excluding hydrogens is 316 g/mol. The zero-order chi connectivity index (χ0) is 14.4. The van der Waals surface area contributed by atoms with Crippen molar-refractivity contribution >= 4 is 33.8 Å². The van der Waals surface area contributed by atoms with E-state index in [0.717, 1.165) is 6.08 Å². The van der Waals surface area contributed by atoms with Crippen molar-refractivity contribution in [2.24, 2.45) is 0 Å². The molecular formula is C13H13BrO5. The van der Waals surface area contributed by atoms with Crippen molar-refractivity contribution in [2.45, 2.75) is 6.92 Å². The number of ketones is 1. The molecule has 1 aromatic rings. The topological polar surface area (TPSA) is 72.8 Å². The van der Waals surface area contributed by atoms with Crippen LogP contribution in [0.5, 0.6) is 11.5 Å². The molecule has 0 radical (unpaired) electrons. The number of rotatable bonds is 6. The molecule has 0 bridgehead atoms. The summed E-state index contributed by atoms with van der Waals surface area (Å²) in [6.07, 6.45) is 2.46. The molecule has 5 nitrogen and oxygen atoms in total. The van der Waals surface area contributed by atoms with Crippen LogP contribution in [0.2, 0.25) is 0 Å². The highest BCUT2D eigenvalue weighted by Crippen LogP contribution is 2.37. The summed E-state index contributed by atoms with van der Waals surface area (Å²) in [6.45, 7) is 1.36. The van der Waals surface area contributed by atoms with E-state index in [0.29, 0.717) is 21.5 Å². The number of hydrogen-bond acceptors (Lipinski definition) is 4. The number of halogens is 1. The lowest BCUT2D eigenvalue weighted by Crippen LogP contribution is -2.08. The molecule has 0 unspecified atom stereocenters. The number of ether oxygens (including phenoxy) is 2. The maximum absolute atomic E-state index is 10.9. The Kier molecular flexibility index (Phi) is 5.57. The number of benzene rings is 1. The second-order valence-electron chi connectivity index (χ2n) is 3.70. The van der Waals surface area contributed by atoms with Gasteiger partial charge in [0.25, 0.3) is 0 Å². The van der Waals surface area contributed by atoms with Crippen LogP contribution in [0.4, 0.5) is 0 Å². The van der Waals surface area contributed by atoms with Gasteiger partial charge in [-0.3, -0.25) is 4.79 Å². The summed E-state index contributed by atoms with van der Waals surface area (Å²) in [5, 5.41) is 8.58. The highest BCUT2D eigenvalue weighted by atomic mass is 79.9. The Labute approximate surface area is 119 Å². The van der Waals surface area contributed by atoms with Crippen molar-refractivity contribution < 1.29 is 24.2 Å². The maximum Gasteiger partial charge on any atom is 0.328 e. The summed E-state index contributed by atoms with van der Waals surface area (Å²) < 4.78 is 11.1. The van der Waals surface area contributed by atoms with Crippen LogP contribution in [0.3, 0.4) is 0 Å². The number of carbonyl (C=O) groups excluding carboxylic acids is 1. The van der Waals surface area contributed by atoms with E-state index in [9.17, 15) is 9.59 Å². The van der Waals surface area contributed by atoms with Crippen LogP contribution in [-0.2, 0) is 9.59 Å². The molecule has 19 heavy (non-hydrogen) atoms. The predicted molar refractivity (Wildman–Crippen MR) is 73.5 cm³/mol. The molecule has 0 saturated heterocycles. The van der Waals surface area contributed by atoms with Gasteiger partial charge in [-0.2, -0.15) is 0 Å². The van der Waals surface area contributed by atoms with E-state index in [4.69, 9.17) is 14.6 Å². The third kappa shape index (κ3) is 4.75. The van der Waals surface area contributed by atoms with Crippen molar-refractivity contribution in [1.29, 1.82) is 0 Å². The van der Waals surface area contributed by atoms with Crippen LogP contribution < -0.4 is 9.47 Å². The minimum Gasteiger partial charge on any atom is -0.493 e. The molecule has 0 amide bonds. The molecule has 1 rings (SSSR count). The van der Waals surface area contributed by atoms with Gasteiger partial charge in [-0.1, -0.05) is 0 Å². The molecule has 1 N–H and O–H groups in total. The molecule has 0 aliphatic rings.